The number of nitrogens with one attached hydrogen (secondary N) is 2. The van der Waals surface area contributed by atoms with Gasteiger partial charge >= 0.3 is 0 Å². The molecule has 0 aliphatic rings. The standard InChI is InChI=1S/C16H21N3O/c1-11-13(10-17-19-11)15(20)18-14(16(2,3)4)12-8-6-5-7-9-12/h5-10,14H,1-4H3,(H,17,19)(H,18,20). The molecule has 4 heteroatoms. The molecule has 0 saturated heterocycles. The van der Waals surface area contributed by atoms with Gasteiger partial charge in [0.1, 0.15) is 0 Å². The van der Waals surface area contributed by atoms with E-state index in [0.29, 0.717) is 5.56 Å². The van der Waals surface area contributed by atoms with Crippen LogP contribution in [-0.4, -0.2) is 16.1 Å². The molecule has 1 heterocycles. The van der Waals surface area contributed by atoms with Crippen LogP contribution in [0.25, 0.3) is 0 Å². The van der Waals surface area contributed by atoms with Gasteiger partial charge in [-0.1, -0.05) is 51.1 Å². The molecular weight excluding hydrogens is 250 g/mol. The van der Waals surface area contributed by atoms with Crippen LogP contribution in [0, 0.1) is 12.3 Å². The number of aromatic amines is 1. The number of hydrogen-bond acceptors (Lipinski definition) is 2. The second kappa shape index (κ2) is 5.49. The van der Waals surface area contributed by atoms with Gasteiger partial charge in [-0.05, 0) is 17.9 Å². The number of H-pyrrole nitrogens is 1. The van der Waals surface area contributed by atoms with Crippen LogP contribution in [0.3, 0.4) is 0 Å². The monoisotopic (exact) mass is 271 g/mol. The number of hydrogen-bond donors (Lipinski definition) is 2. The Morgan fingerprint density at radius 2 is 1.90 bits per heavy atom. The van der Waals surface area contributed by atoms with Crippen molar-refractivity contribution in [2.75, 3.05) is 0 Å². The van der Waals surface area contributed by atoms with Crippen molar-refractivity contribution >= 4 is 5.91 Å². The first kappa shape index (κ1) is 14.3. The molecule has 0 saturated carbocycles. The summed E-state index contributed by atoms with van der Waals surface area (Å²) in [6, 6.07) is 9.99. The Bertz CT molecular complexity index is 581. The highest BCUT2D eigenvalue weighted by atomic mass is 16.1. The molecular formula is C16H21N3O. The summed E-state index contributed by atoms with van der Waals surface area (Å²) in [5, 5.41) is 9.81. The fraction of sp³-hybridized carbons (Fsp3) is 0.375. The molecule has 0 aliphatic carbocycles. The quantitative estimate of drug-likeness (QED) is 0.900. The van der Waals surface area contributed by atoms with Crippen molar-refractivity contribution in [3.63, 3.8) is 0 Å². The maximum atomic E-state index is 12.4. The molecule has 1 amide bonds. The molecule has 1 aromatic carbocycles. The van der Waals surface area contributed by atoms with Crippen molar-refractivity contribution in [2.45, 2.75) is 33.7 Å². The number of amides is 1. The Morgan fingerprint density at radius 3 is 2.40 bits per heavy atom. The molecule has 20 heavy (non-hydrogen) atoms. The summed E-state index contributed by atoms with van der Waals surface area (Å²) in [7, 11) is 0. The summed E-state index contributed by atoms with van der Waals surface area (Å²) < 4.78 is 0. The molecule has 2 aromatic rings. The molecule has 0 aliphatic heterocycles. The molecule has 0 bridgehead atoms. The number of nitrogens with zero attached hydrogens (tertiary/aromatic N) is 1. The van der Waals surface area contributed by atoms with Crippen molar-refractivity contribution in [1.82, 2.24) is 15.5 Å². The number of carbonyl (C=O) groups excluding carboxylic acids is 1. The van der Waals surface area contributed by atoms with Crippen molar-refractivity contribution in [3.05, 3.63) is 53.3 Å². The van der Waals surface area contributed by atoms with E-state index in [-0.39, 0.29) is 17.4 Å². The van der Waals surface area contributed by atoms with E-state index in [0.717, 1.165) is 11.3 Å². The van der Waals surface area contributed by atoms with Crippen LogP contribution in [-0.2, 0) is 0 Å². The lowest BCUT2D eigenvalue weighted by Crippen LogP contribution is -2.36. The third-order valence-electron chi connectivity index (χ3n) is 3.35. The third-order valence-corrected chi connectivity index (χ3v) is 3.35. The van der Waals surface area contributed by atoms with Gasteiger partial charge in [-0.2, -0.15) is 5.10 Å². The van der Waals surface area contributed by atoms with Gasteiger partial charge in [0.15, 0.2) is 0 Å². The fourth-order valence-electron chi connectivity index (χ4n) is 2.23. The zero-order valence-electron chi connectivity index (χ0n) is 12.4. The number of carbonyl (C=O) groups is 1. The largest absolute Gasteiger partial charge is 0.345 e. The van der Waals surface area contributed by atoms with E-state index < -0.39 is 0 Å². The SMILES string of the molecule is Cc1[nH]ncc1C(=O)NC(c1ccccc1)C(C)(C)C. The van der Waals surface area contributed by atoms with Crippen LogP contribution >= 0.6 is 0 Å². The first-order valence-corrected chi connectivity index (χ1v) is 6.75. The molecule has 0 spiro atoms. The lowest BCUT2D eigenvalue weighted by molar-refractivity contribution is 0.0901. The van der Waals surface area contributed by atoms with Gasteiger partial charge in [-0.25, -0.2) is 0 Å². The molecule has 4 nitrogen and oxygen atoms in total. The highest BCUT2D eigenvalue weighted by molar-refractivity contribution is 5.95. The fourth-order valence-corrected chi connectivity index (χ4v) is 2.23. The predicted octanol–water partition coefficient (Wildman–Crippen LogP) is 3.24. The van der Waals surface area contributed by atoms with E-state index in [1.165, 1.54) is 0 Å². The third kappa shape index (κ3) is 3.07. The zero-order chi connectivity index (χ0) is 14.8. The molecule has 0 radical (unpaired) electrons. The van der Waals surface area contributed by atoms with Crippen molar-refractivity contribution in [3.8, 4) is 0 Å². The van der Waals surface area contributed by atoms with E-state index in [2.05, 4.69) is 36.3 Å². The summed E-state index contributed by atoms with van der Waals surface area (Å²) in [5.74, 6) is -0.0972. The van der Waals surface area contributed by atoms with E-state index in [9.17, 15) is 4.79 Å². The Morgan fingerprint density at radius 1 is 1.25 bits per heavy atom. The first-order valence-electron chi connectivity index (χ1n) is 6.75. The van der Waals surface area contributed by atoms with Crippen LogP contribution in [0.5, 0.6) is 0 Å². The summed E-state index contributed by atoms with van der Waals surface area (Å²) in [4.78, 5) is 12.4. The minimum absolute atomic E-state index is 0.0505. The number of aryl methyl sites for hydroxylation is 1. The van der Waals surface area contributed by atoms with Crippen LogP contribution < -0.4 is 5.32 Å². The molecule has 1 unspecified atom stereocenters. The minimum Gasteiger partial charge on any atom is -0.345 e. The lowest BCUT2D eigenvalue weighted by Gasteiger charge is -2.32. The van der Waals surface area contributed by atoms with Gasteiger partial charge in [0.05, 0.1) is 17.8 Å². The Balaban J connectivity index is 2.26. The first-order chi connectivity index (χ1) is 9.39. The van der Waals surface area contributed by atoms with E-state index in [4.69, 9.17) is 0 Å². The zero-order valence-corrected chi connectivity index (χ0v) is 12.4. The topological polar surface area (TPSA) is 57.8 Å². The summed E-state index contributed by atoms with van der Waals surface area (Å²) >= 11 is 0. The Labute approximate surface area is 119 Å². The summed E-state index contributed by atoms with van der Waals surface area (Å²) in [6.07, 6.45) is 1.56. The van der Waals surface area contributed by atoms with Crippen molar-refractivity contribution in [2.24, 2.45) is 5.41 Å². The molecule has 1 atom stereocenters. The Kier molecular flexibility index (Phi) is 3.93. The van der Waals surface area contributed by atoms with Crippen LogP contribution in [0.4, 0.5) is 0 Å². The van der Waals surface area contributed by atoms with Crippen molar-refractivity contribution in [1.29, 1.82) is 0 Å². The number of rotatable bonds is 3. The summed E-state index contributed by atoms with van der Waals surface area (Å²) in [6.45, 7) is 8.20. The number of aromatic nitrogens is 2. The van der Waals surface area contributed by atoms with E-state index in [1.807, 2.05) is 37.3 Å². The van der Waals surface area contributed by atoms with E-state index in [1.54, 1.807) is 6.20 Å². The number of benzene rings is 1. The second-order valence-corrected chi connectivity index (χ2v) is 6.09. The normalized spacial score (nSPS) is 13.0. The predicted molar refractivity (Wildman–Crippen MR) is 79.4 cm³/mol. The smallest absolute Gasteiger partial charge is 0.255 e. The highest BCUT2D eigenvalue weighted by Gasteiger charge is 2.28. The van der Waals surface area contributed by atoms with Crippen molar-refractivity contribution < 1.29 is 4.79 Å². The van der Waals surface area contributed by atoms with Gasteiger partial charge in [-0.15, -0.1) is 0 Å². The average Bonchev–Trinajstić information content (AvgIpc) is 2.82. The van der Waals surface area contributed by atoms with Gasteiger partial charge in [0.2, 0.25) is 0 Å². The van der Waals surface area contributed by atoms with Crippen LogP contribution in [0.1, 0.15) is 48.4 Å². The van der Waals surface area contributed by atoms with Gasteiger partial charge < -0.3 is 5.32 Å². The molecule has 1 aromatic heterocycles. The maximum absolute atomic E-state index is 12.4. The van der Waals surface area contributed by atoms with Gasteiger partial charge in [-0.3, -0.25) is 9.89 Å². The molecule has 0 fully saturated rings. The van der Waals surface area contributed by atoms with Crippen LogP contribution in [0.2, 0.25) is 0 Å². The minimum atomic E-state index is -0.0972. The maximum Gasteiger partial charge on any atom is 0.255 e. The molecule has 2 N–H and O–H groups in total. The summed E-state index contributed by atoms with van der Waals surface area (Å²) in [5.41, 5.74) is 2.40. The lowest BCUT2D eigenvalue weighted by atomic mass is 9.82. The van der Waals surface area contributed by atoms with E-state index >= 15 is 0 Å². The highest BCUT2D eigenvalue weighted by Crippen LogP contribution is 2.32. The second-order valence-electron chi connectivity index (χ2n) is 6.09. The molecule has 106 valence electrons. The van der Waals surface area contributed by atoms with Gasteiger partial charge in [0, 0.05) is 5.69 Å². The Hall–Kier alpha value is -2.10. The average molecular weight is 271 g/mol. The van der Waals surface area contributed by atoms with Gasteiger partial charge in [0.25, 0.3) is 5.91 Å². The molecule has 2 rings (SSSR count). The van der Waals surface area contributed by atoms with Crippen LogP contribution in [0.15, 0.2) is 36.5 Å².